The molecule has 0 saturated carbocycles. The van der Waals surface area contributed by atoms with E-state index in [9.17, 15) is 4.79 Å². The molecule has 1 aromatic rings. The van der Waals surface area contributed by atoms with Gasteiger partial charge in [-0.15, -0.1) is 0 Å². The maximum absolute atomic E-state index is 11.6. The van der Waals surface area contributed by atoms with Gasteiger partial charge in [0.25, 0.3) is 0 Å². The summed E-state index contributed by atoms with van der Waals surface area (Å²) in [6.45, 7) is 2.71. The van der Waals surface area contributed by atoms with Crippen LogP contribution < -0.4 is 5.32 Å². The first-order valence-corrected chi connectivity index (χ1v) is 5.64. The van der Waals surface area contributed by atoms with Crippen molar-refractivity contribution in [3.05, 3.63) is 28.8 Å². The molecule has 0 atom stereocenters. The van der Waals surface area contributed by atoms with E-state index in [1.54, 1.807) is 30.1 Å². The number of carbonyl (C=O) groups excluding carboxylic acids is 1. The quantitative estimate of drug-likeness (QED) is 0.892. The summed E-state index contributed by atoms with van der Waals surface area (Å²) in [4.78, 5) is 13.2. The monoisotopic (exact) mass is 251 g/mol. The number of likely N-dealkylation sites (N-methyl/N-ethyl adjacent to an activating group) is 1. The summed E-state index contributed by atoms with van der Waals surface area (Å²) in [5, 5.41) is 12.3. The van der Waals surface area contributed by atoms with E-state index in [1.807, 2.05) is 13.0 Å². The number of carbonyl (C=O) groups is 1. The third-order valence-corrected chi connectivity index (χ3v) is 2.77. The van der Waals surface area contributed by atoms with Crippen LogP contribution in [-0.4, -0.2) is 30.9 Å². The molecule has 0 saturated heterocycles. The van der Waals surface area contributed by atoms with Crippen LogP contribution in [0.4, 0.5) is 5.69 Å². The highest BCUT2D eigenvalue weighted by molar-refractivity contribution is 6.32. The Balaban J connectivity index is 2.74. The second-order valence-electron chi connectivity index (χ2n) is 3.54. The Morgan fingerprint density at radius 2 is 2.29 bits per heavy atom. The number of hydrogen-bond donors (Lipinski definition) is 1. The minimum atomic E-state index is -0.0311. The summed E-state index contributed by atoms with van der Waals surface area (Å²) in [6, 6.07) is 7.12. The molecule has 5 heteroatoms. The Kier molecular flexibility index (Phi) is 4.80. The summed E-state index contributed by atoms with van der Waals surface area (Å²) in [7, 11) is 1.73. The zero-order chi connectivity index (χ0) is 12.8. The van der Waals surface area contributed by atoms with Crippen molar-refractivity contribution >= 4 is 23.2 Å². The molecule has 0 heterocycles. The van der Waals surface area contributed by atoms with Gasteiger partial charge in [-0.2, -0.15) is 5.26 Å². The van der Waals surface area contributed by atoms with E-state index >= 15 is 0 Å². The van der Waals surface area contributed by atoms with Gasteiger partial charge in [-0.1, -0.05) is 17.7 Å². The van der Waals surface area contributed by atoms with Crippen LogP contribution in [0.3, 0.4) is 0 Å². The van der Waals surface area contributed by atoms with E-state index in [-0.39, 0.29) is 12.5 Å². The van der Waals surface area contributed by atoms with Crippen LogP contribution in [0.25, 0.3) is 0 Å². The van der Waals surface area contributed by atoms with Crippen LogP contribution in [-0.2, 0) is 4.79 Å². The Labute approximate surface area is 106 Å². The van der Waals surface area contributed by atoms with Crippen LogP contribution in [0, 0.1) is 11.3 Å². The third kappa shape index (κ3) is 3.36. The van der Waals surface area contributed by atoms with Gasteiger partial charge in [-0.3, -0.25) is 4.79 Å². The number of nitrogens with zero attached hydrogens (tertiary/aromatic N) is 2. The molecule has 1 amide bonds. The molecule has 0 spiro atoms. The fraction of sp³-hybridized carbons (Fsp3) is 0.333. The molecule has 0 aliphatic heterocycles. The first-order valence-electron chi connectivity index (χ1n) is 5.26. The number of nitriles is 1. The minimum absolute atomic E-state index is 0.0311. The third-order valence-electron chi connectivity index (χ3n) is 2.46. The lowest BCUT2D eigenvalue weighted by Gasteiger charge is -2.15. The fourth-order valence-corrected chi connectivity index (χ4v) is 1.48. The van der Waals surface area contributed by atoms with Crippen LogP contribution in [0.1, 0.15) is 12.5 Å². The fourth-order valence-electron chi connectivity index (χ4n) is 1.27. The van der Waals surface area contributed by atoms with E-state index in [0.29, 0.717) is 22.8 Å². The molecular weight excluding hydrogens is 238 g/mol. The molecule has 1 N–H and O–H groups in total. The van der Waals surface area contributed by atoms with Gasteiger partial charge in [-0.05, 0) is 19.1 Å². The largest absolute Gasteiger partial charge is 0.375 e. The van der Waals surface area contributed by atoms with Gasteiger partial charge in [0.15, 0.2) is 0 Å². The number of halogens is 1. The summed E-state index contributed by atoms with van der Waals surface area (Å²) >= 11 is 5.88. The number of benzene rings is 1. The Morgan fingerprint density at radius 3 is 2.88 bits per heavy atom. The summed E-state index contributed by atoms with van der Waals surface area (Å²) in [5.41, 5.74) is 0.943. The van der Waals surface area contributed by atoms with Crippen LogP contribution in [0.15, 0.2) is 18.2 Å². The SMILES string of the molecule is CCN(C)C(=O)CNc1cccc(Cl)c1C#N. The predicted octanol–water partition coefficient (Wildman–Crippen LogP) is 2.10. The molecule has 1 aromatic carbocycles. The molecule has 0 aliphatic carbocycles. The Hall–Kier alpha value is -1.73. The first kappa shape index (κ1) is 13.3. The average Bonchev–Trinajstić information content (AvgIpc) is 2.34. The van der Waals surface area contributed by atoms with Crippen LogP contribution >= 0.6 is 11.6 Å². The van der Waals surface area contributed by atoms with Crippen molar-refractivity contribution in [1.82, 2.24) is 4.90 Å². The maximum Gasteiger partial charge on any atom is 0.241 e. The molecule has 4 nitrogen and oxygen atoms in total. The van der Waals surface area contributed by atoms with Crippen molar-refractivity contribution in [2.24, 2.45) is 0 Å². The van der Waals surface area contributed by atoms with Gasteiger partial charge in [0, 0.05) is 13.6 Å². The molecule has 0 aromatic heterocycles. The average molecular weight is 252 g/mol. The van der Waals surface area contributed by atoms with Crippen LogP contribution in [0.5, 0.6) is 0 Å². The number of rotatable bonds is 4. The predicted molar refractivity (Wildman–Crippen MR) is 68.0 cm³/mol. The van der Waals surface area contributed by atoms with E-state index < -0.39 is 0 Å². The summed E-state index contributed by atoms with van der Waals surface area (Å²) in [6.07, 6.45) is 0. The number of nitrogens with one attached hydrogen (secondary N) is 1. The molecule has 0 aliphatic rings. The second kappa shape index (κ2) is 6.12. The number of anilines is 1. The second-order valence-corrected chi connectivity index (χ2v) is 3.94. The molecule has 17 heavy (non-hydrogen) atoms. The van der Waals surface area contributed by atoms with E-state index in [1.165, 1.54) is 0 Å². The van der Waals surface area contributed by atoms with Gasteiger partial charge in [-0.25, -0.2) is 0 Å². The van der Waals surface area contributed by atoms with Crippen molar-refractivity contribution in [2.75, 3.05) is 25.5 Å². The molecule has 0 radical (unpaired) electrons. The molecule has 0 fully saturated rings. The Morgan fingerprint density at radius 1 is 1.59 bits per heavy atom. The van der Waals surface area contributed by atoms with Gasteiger partial charge >= 0.3 is 0 Å². The topological polar surface area (TPSA) is 56.1 Å². The summed E-state index contributed by atoms with van der Waals surface area (Å²) < 4.78 is 0. The van der Waals surface area contributed by atoms with E-state index in [4.69, 9.17) is 16.9 Å². The van der Waals surface area contributed by atoms with Crippen molar-refractivity contribution in [2.45, 2.75) is 6.92 Å². The highest BCUT2D eigenvalue weighted by Crippen LogP contribution is 2.22. The van der Waals surface area contributed by atoms with E-state index in [0.717, 1.165) is 0 Å². The van der Waals surface area contributed by atoms with Gasteiger partial charge in [0.1, 0.15) is 6.07 Å². The molecule has 0 bridgehead atoms. The van der Waals surface area contributed by atoms with Crippen molar-refractivity contribution in [1.29, 1.82) is 5.26 Å². The zero-order valence-corrected chi connectivity index (χ0v) is 10.6. The highest BCUT2D eigenvalue weighted by atomic mass is 35.5. The van der Waals surface area contributed by atoms with Gasteiger partial charge < -0.3 is 10.2 Å². The molecule has 90 valence electrons. The van der Waals surface area contributed by atoms with Gasteiger partial charge in [0.2, 0.25) is 5.91 Å². The lowest BCUT2D eigenvalue weighted by Crippen LogP contribution is -2.32. The van der Waals surface area contributed by atoms with Crippen LogP contribution in [0.2, 0.25) is 5.02 Å². The van der Waals surface area contributed by atoms with Crippen molar-refractivity contribution < 1.29 is 4.79 Å². The number of amides is 1. The lowest BCUT2D eigenvalue weighted by molar-refractivity contribution is -0.127. The Bertz CT molecular complexity index is 454. The highest BCUT2D eigenvalue weighted by Gasteiger charge is 2.09. The normalized spacial score (nSPS) is 9.53. The minimum Gasteiger partial charge on any atom is -0.375 e. The first-order chi connectivity index (χ1) is 8.10. The zero-order valence-electron chi connectivity index (χ0n) is 9.83. The van der Waals surface area contributed by atoms with E-state index in [2.05, 4.69) is 5.32 Å². The number of hydrogen-bond acceptors (Lipinski definition) is 3. The maximum atomic E-state index is 11.6. The molecular formula is C12H14ClN3O. The van der Waals surface area contributed by atoms with Crippen molar-refractivity contribution in [3.63, 3.8) is 0 Å². The molecule has 0 unspecified atom stereocenters. The van der Waals surface area contributed by atoms with Crippen molar-refractivity contribution in [3.8, 4) is 6.07 Å². The standard InChI is InChI=1S/C12H14ClN3O/c1-3-16(2)12(17)8-15-11-6-4-5-10(13)9(11)7-14/h4-6,15H,3,8H2,1-2H3. The van der Waals surface area contributed by atoms with Gasteiger partial charge in [0.05, 0.1) is 22.8 Å². The summed E-state index contributed by atoms with van der Waals surface area (Å²) in [5.74, 6) is -0.0311. The lowest BCUT2D eigenvalue weighted by atomic mass is 10.2. The smallest absolute Gasteiger partial charge is 0.241 e. The molecule has 1 rings (SSSR count).